The first-order valence-corrected chi connectivity index (χ1v) is 33.0. The first kappa shape index (κ1) is 69.0. The van der Waals surface area contributed by atoms with Crippen molar-refractivity contribution in [3.63, 3.8) is 0 Å². The second-order valence-electron chi connectivity index (χ2n) is 18.6. The zero-order valence-electron chi connectivity index (χ0n) is 46.1. The summed E-state index contributed by atoms with van der Waals surface area (Å²) in [5, 5.41) is 2.71. The van der Waals surface area contributed by atoms with Gasteiger partial charge in [-0.05, 0) is 62.6 Å². The van der Waals surface area contributed by atoms with E-state index < -0.39 is 16.1 Å². The number of carbonyl (C=O) groups excluding carboxylic acids is 3. The van der Waals surface area contributed by atoms with Crippen LogP contribution in [0.25, 0.3) is 0 Å². The number of hydrogen-bond acceptors (Lipinski definition) is 4. The molecule has 0 fully saturated rings. The topological polar surface area (TPSA) is 79.0 Å². The van der Waals surface area contributed by atoms with Gasteiger partial charge < -0.3 is 15.0 Å². The molecule has 0 saturated carbocycles. The molecular weight excluding hydrogens is 847 g/mol. The number of unbranched alkanes of at least 4 members (excludes halogenated alkanes) is 5. The molecular formula is C57H105N3O4Si2. The highest BCUT2D eigenvalue weighted by Crippen LogP contribution is 2.25. The van der Waals surface area contributed by atoms with Crippen LogP contribution in [0.3, 0.4) is 0 Å². The lowest BCUT2D eigenvalue weighted by Gasteiger charge is -2.25. The van der Waals surface area contributed by atoms with E-state index in [0.717, 1.165) is 62.6 Å². The molecule has 0 spiro atoms. The predicted octanol–water partition coefficient (Wildman–Crippen LogP) is 17.4. The molecule has 3 aromatic carbocycles. The van der Waals surface area contributed by atoms with Crippen molar-refractivity contribution in [3.05, 3.63) is 91.0 Å². The SMILES string of the molecule is CC(=O)N(c1ccccc1)c1ccccc1.CCCC.CCCCC.CCCCNC(C)=O.CCCCOCC.CCC[Si](C)(C)C.CCC[Si](C)(C)CCCN(C(C)=O)c1ccccc1. The molecule has 0 saturated heterocycles. The Hall–Kier alpha value is -3.54. The average molecular weight is 953 g/mol. The average Bonchev–Trinajstić information content (AvgIpc) is 3.27. The van der Waals surface area contributed by atoms with Gasteiger partial charge in [0.25, 0.3) is 0 Å². The first-order chi connectivity index (χ1) is 31.3. The minimum absolute atomic E-state index is 0.0115. The van der Waals surface area contributed by atoms with Gasteiger partial charge in [-0.3, -0.25) is 19.3 Å². The Morgan fingerprint density at radius 1 is 0.485 bits per heavy atom. The van der Waals surface area contributed by atoms with Crippen LogP contribution in [0.4, 0.5) is 17.1 Å². The van der Waals surface area contributed by atoms with E-state index in [1.807, 2.05) is 103 Å². The van der Waals surface area contributed by atoms with Crippen molar-refractivity contribution in [1.82, 2.24) is 5.32 Å². The van der Waals surface area contributed by atoms with Gasteiger partial charge in [-0.1, -0.05) is 219 Å². The number of benzene rings is 3. The number of para-hydroxylation sites is 3. The van der Waals surface area contributed by atoms with Crippen LogP contribution in [0, 0.1) is 0 Å². The third kappa shape index (κ3) is 47.0. The fourth-order valence-corrected chi connectivity index (χ4v) is 10.4. The van der Waals surface area contributed by atoms with E-state index in [2.05, 4.69) is 93.4 Å². The molecule has 66 heavy (non-hydrogen) atoms. The smallest absolute Gasteiger partial charge is 0.228 e. The van der Waals surface area contributed by atoms with Crippen LogP contribution in [0.15, 0.2) is 91.0 Å². The van der Waals surface area contributed by atoms with Gasteiger partial charge in [0.05, 0.1) is 0 Å². The number of rotatable bonds is 21. The van der Waals surface area contributed by atoms with Crippen molar-refractivity contribution < 1.29 is 19.1 Å². The Morgan fingerprint density at radius 3 is 1.20 bits per heavy atom. The summed E-state index contributed by atoms with van der Waals surface area (Å²) in [6.45, 7) is 40.0. The van der Waals surface area contributed by atoms with Gasteiger partial charge in [0.1, 0.15) is 0 Å². The van der Waals surface area contributed by atoms with Crippen molar-refractivity contribution in [2.75, 3.05) is 36.1 Å². The predicted molar refractivity (Wildman–Crippen MR) is 301 cm³/mol. The van der Waals surface area contributed by atoms with Gasteiger partial charge in [-0.15, -0.1) is 0 Å². The van der Waals surface area contributed by atoms with Crippen molar-refractivity contribution in [2.24, 2.45) is 0 Å². The second kappa shape index (κ2) is 47.9. The molecule has 3 amide bonds. The minimum atomic E-state index is -1.04. The van der Waals surface area contributed by atoms with Crippen LogP contribution in [0.5, 0.6) is 0 Å². The van der Waals surface area contributed by atoms with Crippen molar-refractivity contribution in [1.29, 1.82) is 0 Å². The maximum atomic E-state index is 11.8. The highest BCUT2D eigenvalue weighted by atomic mass is 28.3. The molecule has 3 aromatic rings. The van der Waals surface area contributed by atoms with Crippen molar-refractivity contribution in [2.45, 2.75) is 211 Å². The Kier molecular flexibility index (Phi) is 50.1. The standard InChI is InChI=1S/C16H27NOSi.C14H13NO.C6H13NO.C6H14O.C6H16Si.C5H12.C4H10/c1-5-13-19(3,4)14-9-12-17(15(2)18)16-10-7-6-8-11-16;1-12(16)15(13-8-4-2-5-9-13)14-10-6-3-7-11-14;1-3-4-5-7-6(2)8;1-3-5-6-7-4-2;1-5-6-7(2,3)4;1-3-5-4-2;1-3-4-2/h6-8,10-11H,5,9,12-14H2,1-4H3;2-11H,1H3;3-5H2,1-2H3,(H,7,8);3-6H2,1-2H3;5-6H2,1-4H3;3-5H2,1-2H3;3-4H2,1-2H3. The van der Waals surface area contributed by atoms with E-state index >= 15 is 0 Å². The molecule has 0 bridgehead atoms. The minimum Gasteiger partial charge on any atom is -0.382 e. The highest BCUT2D eigenvalue weighted by molar-refractivity contribution is 6.77. The monoisotopic (exact) mass is 952 g/mol. The lowest BCUT2D eigenvalue weighted by Crippen LogP contribution is -2.32. The molecule has 1 N–H and O–H groups in total. The zero-order chi connectivity index (χ0) is 51.1. The van der Waals surface area contributed by atoms with Crippen molar-refractivity contribution >= 4 is 50.9 Å². The molecule has 380 valence electrons. The van der Waals surface area contributed by atoms with E-state index in [0.29, 0.717) is 0 Å². The number of carbonyl (C=O) groups is 3. The van der Waals surface area contributed by atoms with Gasteiger partial charge >= 0.3 is 0 Å². The molecule has 0 aromatic heterocycles. The number of ether oxygens (including phenoxy) is 1. The summed E-state index contributed by atoms with van der Waals surface area (Å²) >= 11 is 0. The Balaban J connectivity index is -0.000000367. The largest absolute Gasteiger partial charge is 0.382 e. The maximum Gasteiger partial charge on any atom is 0.228 e. The summed E-state index contributed by atoms with van der Waals surface area (Å²) < 4.78 is 5.07. The summed E-state index contributed by atoms with van der Waals surface area (Å²) in [4.78, 5) is 37.2. The highest BCUT2D eigenvalue weighted by Gasteiger charge is 2.20. The lowest BCUT2D eigenvalue weighted by molar-refractivity contribution is -0.119. The van der Waals surface area contributed by atoms with E-state index in [1.165, 1.54) is 82.8 Å². The van der Waals surface area contributed by atoms with E-state index in [4.69, 9.17) is 4.74 Å². The Labute approximate surface area is 411 Å². The summed E-state index contributed by atoms with van der Waals surface area (Å²) in [5.74, 6) is 0.219. The van der Waals surface area contributed by atoms with Gasteiger partial charge in [-0.25, -0.2) is 0 Å². The molecule has 3 rings (SSSR count). The lowest BCUT2D eigenvalue weighted by atomic mass is 10.2. The summed E-state index contributed by atoms with van der Waals surface area (Å²) in [7, 11) is -1.70. The molecule has 0 atom stereocenters. The maximum absolute atomic E-state index is 11.8. The van der Waals surface area contributed by atoms with Crippen LogP contribution in [0.1, 0.15) is 160 Å². The third-order valence-electron chi connectivity index (χ3n) is 9.91. The Morgan fingerprint density at radius 2 is 0.909 bits per heavy atom. The molecule has 9 heteroatoms. The van der Waals surface area contributed by atoms with Gasteiger partial charge in [-0.2, -0.15) is 0 Å². The van der Waals surface area contributed by atoms with Gasteiger partial charge in [0.15, 0.2) is 0 Å². The van der Waals surface area contributed by atoms with Crippen LogP contribution in [-0.2, 0) is 19.1 Å². The molecule has 0 aliphatic rings. The number of nitrogens with one attached hydrogen (secondary N) is 1. The molecule has 0 aliphatic carbocycles. The zero-order valence-corrected chi connectivity index (χ0v) is 48.1. The quantitative estimate of drug-likeness (QED) is 0.0852. The van der Waals surface area contributed by atoms with Crippen LogP contribution < -0.4 is 15.1 Å². The molecule has 0 heterocycles. The van der Waals surface area contributed by atoms with Gasteiger partial charge in [0.2, 0.25) is 17.7 Å². The normalized spacial score (nSPS) is 10.1. The van der Waals surface area contributed by atoms with E-state index in [-0.39, 0.29) is 17.7 Å². The van der Waals surface area contributed by atoms with Crippen LogP contribution in [-0.4, -0.2) is 60.2 Å². The third-order valence-corrected chi connectivity index (χ3v) is 15.5. The van der Waals surface area contributed by atoms with Crippen LogP contribution in [0.2, 0.25) is 50.9 Å². The molecule has 0 radical (unpaired) electrons. The number of hydrogen-bond donors (Lipinski definition) is 1. The summed E-state index contributed by atoms with van der Waals surface area (Å²) in [6.07, 6.45) is 15.2. The Bertz CT molecular complexity index is 1440. The van der Waals surface area contributed by atoms with E-state index in [1.54, 1.807) is 18.7 Å². The fourth-order valence-electron chi connectivity index (χ4n) is 6.20. The first-order valence-electron chi connectivity index (χ1n) is 25.9. The number of amides is 3. The summed E-state index contributed by atoms with van der Waals surface area (Å²) in [6, 6.07) is 33.4. The fraction of sp³-hybridized carbons (Fsp3) is 0.632. The molecule has 7 nitrogen and oxygen atoms in total. The molecule has 0 unspecified atom stereocenters. The van der Waals surface area contributed by atoms with Crippen molar-refractivity contribution in [3.8, 4) is 0 Å². The summed E-state index contributed by atoms with van der Waals surface area (Å²) in [5.41, 5.74) is 2.80. The number of anilines is 3. The molecule has 0 aliphatic heterocycles. The second-order valence-corrected chi connectivity index (χ2v) is 29.6. The number of nitrogens with zero attached hydrogens (tertiary/aromatic N) is 2. The van der Waals surface area contributed by atoms with Gasteiger partial charge in [0, 0.05) is 80.3 Å². The van der Waals surface area contributed by atoms with Crippen LogP contribution >= 0.6 is 0 Å². The van der Waals surface area contributed by atoms with E-state index in [9.17, 15) is 14.4 Å².